The van der Waals surface area contributed by atoms with Crippen LogP contribution in [0.25, 0.3) is 22.6 Å². The SMILES string of the molecule is COc1ccc(Cn2c(-c3ccccc3)nc(NC(=O)Nc3c(C(C)C)cccc3C(C)C)c2-c2ccccc2Cl)cc1. The molecule has 4 aromatic carbocycles. The highest BCUT2D eigenvalue weighted by atomic mass is 35.5. The Morgan fingerprint density at radius 2 is 1.44 bits per heavy atom. The van der Waals surface area contributed by atoms with E-state index in [2.05, 4.69) is 61.1 Å². The van der Waals surface area contributed by atoms with Crippen molar-refractivity contribution in [2.45, 2.75) is 46.1 Å². The van der Waals surface area contributed by atoms with Crippen LogP contribution in [-0.4, -0.2) is 22.7 Å². The van der Waals surface area contributed by atoms with Crippen molar-refractivity contribution in [2.75, 3.05) is 17.7 Å². The minimum Gasteiger partial charge on any atom is -0.497 e. The van der Waals surface area contributed by atoms with E-state index in [1.54, 1.807) is 7.11 Å². The third-order valence-electron chi connectivity index (χ3n) is 7.47. The van der Waals surface area contributed by atoms with E-state index < -0.39 is 0 Å². The molecule has 0 radical (unpaired) electrons. The number of carbonyl (C=O) groups is 1. The second-order valence-electron chi connectivity index (χ2n) is 11.1. The van der Waals surface area contributed by atoms with Gasteiger partial charge in [-0.05, 0) is 46.7 Å². The van der Waals surface area contributed by atoms with Crippen LogP contribution in [0, 0.1) is 0 Å². The predicted molar refractivity (Wildman–Crippen MR) is 177 cm³/mol. The van der Waals surface area contributed by atoms with Crippen LogP contribution in [0.15, 0.2) is 97.1 Å². The first-order chi connectivity index (χ1) is 20.8. The molecule has 0 bridgehead atoms. The number of nitrogens with zero attached hydrogens (tertiary/aromatic N) is 2. The molecule has 0 aliphatic rings. The summed E-state index contributed by atoms with van der Waals surface area (Å²) in [4.78, 5) is 18.8. The number of anilines is 2. The average Bonchev–Trinajstić information content (AvgIpc) is 3.34. The van der Waals surface area contributed by atoms with E-state index in [1.165, 1.54) is 0 Å². The van der Waals surface area contributed by atoms with Crippen molar-refractivity contribution in [1.82, 2.24) is 9.55 Å². The van der Waals surface area contributed by atoms with Gasteiger partial charge in [-0.3, -0.25) is 5.32 Å². The number of aromatic nitrogens is 2. The summed E-state index contributed by atoms with van der Waals surface area (Å²) in [6.45, 7) is 9.02. The average molecular weight is 593 g/mol. The molecule has 0 fully saturated rings. The quantitative estimate of drug-likeness (QED) is 0.179. The van der Waals surface area contributed by atoms with Gasteiger partial charge >= 0.3 is 6.03 Å². The third kappa shape index (κ3) is 6.60. The number of halogens is 1. The summed E-state index contributed by atoms with van der Waals surface area (Å²) >= 11 is 6.79. The number of hydrogen-bond donors (Lipinski definition) is 2. The summed E-state index contributed by atoms with van der Waals surface area (Å²) in [5, 5.41) is 6.82. The Morgan fingerprint density at radius 3 is 2.05 bits per heavy atom. The fraction of sp³-hybridized carbons (Fsp3) is 0.222. The van der Waals surface area contributed by atoms with Gasteiger partial charge in [0, 0.05) is 23.4 Å². The molecule has 1 heterocycles. The van der Waals surface area contributed by atoms with E-state index >= 15 is 0 Å². The number of imidazole rings is 1. The number of amides is 2. The molecule has 5 rings (SSSR count). The molecule has 0 saturated heterocycles. The summed E-state index contributed by atoms with van der Waals surface area (Å²) < 4.78 is 7.48. The van der Waals surface area contributed by atoms with Gasteiger partial charge in [0.05, 0.1) is 17.8 Å². The van der Waals surface area contributed by atoms with Crippen molar-refractivity contribution in [1.29, 1.82) is 0 Å². The molecular formula is C36H37ClN4O2. The van der Waals surface area contributed by atoms with Crippen LogP contribution in [0.3, 0.4) is 0 Å². The first kappa shape index (κ1) is 29.9. The summed E-state index contributed by atoms with van der Waals surface area (Å²) in [6, 6.07) is 31.3. The van der Waals surface area contributed by atoms with Crippen molar-refractivity contribution in [3.63, 3.8) is 0 Å². The molecule has 220 valence electrons. The lowest BCUT2D eigenvalue weighted by molar-refractivity contribution is 0.262. The predicted octanol–water partition coefficient (Wildman–Crippen LogP) is 9.82. The van der Waals surface area contributed by atoms with Gasteiger partial charge in [-0.25, -0.2) is 9.78 Å². The molecule has 7 heteroatoms. The van der Waals surface area contributed by atoms with Crippen LogP contribution in [0.5, 0.6) is 5.75 Å². The summed E-state index contributed by atoms with van der Waals surface area (Å²) in [5.74, 6) is 2.39. The monoisotopic (exact) mass is 592 g/mol. The van der Waals surface area contributed by atoms with E-state index in [-0.39, 0.29) is 17.9 Å². The molecule has 43 heavy (non-hydrogen) atoms. The topological polar surface area (TPSA) is 68.2 Å². The van der Waals surface area contributed by atoms with Crippen LogP contribution in [0.4, 0.5) is 16.3 Å². The Morgan fingerprint density at radius 1 is 0.814 bits per heavy atom. The van der Waals surface area contributed by atoms with Crippen LogP contribution >= 0.6 is 11.6 Å². The third-order valence-corrected chi connectivity index (χ3v) is 7.80. The molecule has 5 aromatic rings. The van der Waals surface area contributed by atoms with Crippen molar-refractivity contribution in [2.24, 2.45) is 0 Å². The Balaban J connectivity index is 1.63. The molecule has 0 saturated carbocycles. The number of ether oxygens (including phenoxy) is 1. The van der Waals surface area contributed by atoms with Gasteiger partial charge in [0.2, 0.25) is 0 Å². The van der Waals surface area contributed by atoms with Gasteiger partial charge in [-0.2, -0.15) is 0 Å². The van der Waals surface area contributed by atoms with Gasteiger partial charge < -0.3 is 14.6 Å². The number of rotatable bonds is 9. The van der Waals surface area contributed by atoms with Gasteiger partial charge in [-0.15, -0.1) is 0 Å². The first-order valence-corrected chi connectivity index (χ1v) is 14.9. The van der Waals surface area contributed by atoms with Crippen molar-refractivity contribution >= 4 is 29.1 Å². The van der Waals surface area contributed by atoms with Crippen molar-refractivity contribution < 1.29 is 9.53 Å². The van der Waals surface area contributed by atoms with Crippen LogP contribution < -0.4 is 15.4 Å². The maximum absolute atomic E-state index is 13.8. The highest BCUT2D eigenvalue weighted by Crippen LogP contribution is 2.38. The van der Waals surface area contributed by atoms with Crippen molar-refractivity contribution in [3.05, 3.63) is 119 Å². The summed E-state index contributed by atoms with van der Waals surface area (Å²) in [6.07, 6.45) is 0. The van der Waals surface area contributed by atoms with E-state index in [0.717, 1.165) is 44.9 Å². The van der Waals surface area contributed by atoms with Gasteiger partial charge in [0.25, 0.3) is 0 Å². The molecule has 1 aromatic heterocycles. The molecule has 0 unspecified atom stereocenters. The van der Waals surface area contributed by atoms with Crippen LogP contribution in [0.1, 0.15) is 56.2 Å². The zero-order valence-corrected chi connectivity index (χ0v) is 25.9. The number of nitrogens with one attached hydrogen (secondary N) is 2. The Kier molecular flexibility index (Phi) is 9.17. The number of benzene rings is 4. The summed E-state index contributed by atoms with van der Waals surface area (Å²) in [5.41, 5.74) is 6.47. The van der Waals surface area contributed by atoms with E-state index in [4.69, 9.17) is 21.3 Å². The van der Waals surface area contributed by atoms with Gasteiger partial charge in [-0.1, -0.05) is 118 Å². The molecule has 0 spiro atoms. The zero-order valence-electron chi connectivity index (χ0n) is 25.2. The van der Waals surface area contributed by atoms with E-state index in [0.29, 0.717) is 23.2 Å². The minimum atomic E-state index is -0.364. The van der Waals surface area contributed by atoms with E-state index in [9.17, 15) is 4.79 Å². The maximum atomic E-state index is 13.8. The normalized spacial score (nSPS) is 11.2. The van der Waals surface area contributed by atoms with Crippen LogP contribution in [-0.2, 0) is 6.54 Å². The number of hydrogen-bond acceptors (Lipinski definition) is 3. The molecule has 0 aliphatic carbocycles. The molecule has 2 amide bonds. The standard InChI is InChI=1S/C36H37ClN4O2/c1-23(2)28-15-11-16-29(24(3)4)32(28)38-36(42)40-34-33(30-14-9-10-17-31(30)37)41(22-25-18-20-27(43-5)21-19-25)35(39-34)26-12-7-6-8-13-26/h6-21,23-24H,22H2,1-5H3,(H2,38,40,42). The fourth-order valence-corrected chi connectivity index (χ4v) is 5.51. The molecule has 0 aliphatic heterocycles. The van der Waals surface area contributed by atoms with E-state index in [1.807, 2.05) is 78.9 Å². The van der Waals surface area contributed by atoms with Crippen LogP contribution in [0.2, 0.25) is 5.02 Å². The maximum Gasteiger partial charge on any atom is 0.324 e. The first-order valence-electron chi connectivity index (χ1n) is 14.5. The second kappa shape index (κ2) is 13.2. The molecule has 2 N–H and O–H groups in total. The largest absolute Gasteiger partial charge is 0.497 e. The lowest BCUT2D eigenvalue weighted by Crippen LogP contribution is -2.22. The minimum absolute atomic E-state index is 0.237. The highest BCUT2D eigenvalue weighted by molar-refractivity contribution is 6.33. The number of carbonyl (C=O) groups excluding carboxylic acids is 1. The fourth-order valence-electron chi connectivity index (χ4n) is 5.29. The molecule has 0 atom stereocenters. The smallest absolute Gasteiger partial charge is 0.324 e. The Hall–Kier alpha value is -4.55. The Labute approximate surface area is 258 Å². The lowest BCUT2D eigenvalue weighted by atomic mass is 9.93. The summed E-state index contributed by atoms with van der Waals surface area (Å²) in [7, 11) is 1.65. The Bertz CT molecular complexity index is 1680. The second-order valence-corrected chi connectivity index (χ2v) is 11.5. The number of para-hydroxylation sites is 1. The van der Waals surface area contributed by atoms with Crippen molar-refractivity contribution in [3.8, 4) is 28.4 Å². The molecular weight excluding hydrogens is 556 g/mol. The highest BCUT2D eigenvalue weighted by Gasteiger charge is 2.24. The van der Waals surface area contributed by atoms with Gasteiger partial charge in [0.15, 0.2) is 5.82 Å². The number of urea groups is 1. The lowest BCUT2D eigenvalue weighted by Gasteiger charge is -2.20. The number of methoxy groups -OCH3 is 1. The molecule has 6 nitrogen and oxygen atoms in total. The zero-order chi connectivity index (χ0) is 30.5. The van der Waals surface area contributed by atoms with Gasteiger partial charge in [0.1, 0.15) is 11.6 Å².